The smallest absolute Gasteiger partial charge is 0.152 e. The molecule has 0 spiro atoms. The molecule has 0 aliphatic heterocycles. The van der Waals surface area contributed by atoms with Crippen LogP contribution in [0, 0.1) is 11.3 Å². The molecule has 2 nitrogen and oxygen atoms in total. The number of rotatable bonds is 5. The van der Waals surface area contributed by atoms with E-state index in [-0.39, 0.29) is 5.41 Å². The molecule has 0 aromatic rings. The maximum absolute atomic E-state index is 11.8. The van der Waals surface area contributed by atoms with Crippen LogP contribution < -0.4 is 0 Å². The van der Waals surface area contributed by atoms with Gasteiger partial charge in [-0.2, -0.15) is 0 Å². The molecule has 0 bridgehead atoms. The number of Topliss-reactive ketones (excluding diaryl/α,β-unsaturated/α-hetero) is 1. The minimum absolute atomic E-state index is 0.204. The zero-order valence-corrected chi connectivity index (χ0v) is 10.6. The van der Waals surface area contributed by atoms with Gasteiger partial charge in [-0.1, -0.05) is 41.5 Å². The van der Waals surface area contributed by atoms with Crippen molar-refractivity contribution in [2.45, 2.75) is 41.5 Å². The monoisotopic (exact) mass is 199 g/mol. The molecular weight excluding hydrogens is 174 g/mol. The van der Waals surface area contributed by atoms with Gasteiger partial charge in [-0.25, -0.2) is 0 Å². The van der Waals surface area contributed by atoms with E-state index in [1.165, 1.54) is 0 Å². The molecule has 0 N–H and O–H groups in total. The highest BCUT2D eigenvalue weighted by molar-refractivity contribution is 5.85. The van der Waals surface area contributed by atoms with Gasteiger partial charge in [-0.3, -0.25) is 9.69 Å². The van der Waals surface area contributed by atoms with Crippen molar-refractivity contribution < 1.29 is 4.79 Å². The number of nitrogens with zero attached hydrogens (tertiary/aromatic N) is 1. The highest BCUT2D eigenvalue weighted by Crippen LogP contribution is 2.15. The Morgan fingerprint density at radius 2 is 1.79 bits per heavy atom. The first-order valence-corrected chi connectivity index (χ1v) is 5.53. The third-order valence-corrected chi connectivity index (χ3v) is 2.27. The molecule has 0 heterocycles. The van der Waals surface area contributed by atoms with Crippen molar-refractivity contribution in [2.24, 2.45) is 11.3 Å². The normalized spacial score (nSPS) is 12.6. The van der Waals surface area contributed by atoms with Crippen molar-refractivity contribution in [3.05, 3.63) is 0 Å². The Hall–Kier alpha value is -0.370. The van der Waals surface area contributed by atoms with Gasteiger partial charge in [-0.05, 0) is 12.5 Å². The van der Waals surface area contributed by atoms with Crippen molar-refractivity contribution >= 4 is 5.78 Å². The van der Waals surface area contributed by atoms with E-state index in [0.717, 1.165) is 13.1 Å². The Morgan fingerprint density at radius 3 is 2.07 bits per heavy atom. The third-order valence-electron chi connectivity index (χ3n) is 2.27. The summed E-state index contributed by atoms with van der Waals surface area (Å²) in [4.78, 5) is 14.0. The molecule has 0 aromatic carbocycles. The zero-order valence-electron chi connectivity index (χ0n) is 10.6. The van der Waals surface area contributed by atoms with Crippen LogP contribution >= 0.6 is 0 Å². The van der Waals surface area contributed by atoms with Gasteiger partial charge in [0.05, 0.1) is 6.54 Å². The van der Waals surface area contributed by atoms with Crippen molar-refractivity contribution in [3.8, 4) is 0 Å². The first-order chi connectivity index (χ1) is 6.27. The molecule has 0 aliphatic rings. The molecular formula is C12H25NO. The Bertz CT molecular complexity index is 179. The number of carbonyl (C=O) groups excluding carboxylic acids is 1. The van der Waals surface area contributed by atoms with E-state index in [9.17, 15) is 4.79 Å². The van der Waals surface area contributed by atoms with E-state index in [1.807, 2.05) is 20.8 Å². The summed E-state index contributed by atoms with van der Waals surface area (Å²) in [6, 6.07) is 0. The maximum Gasteiger partial charge on any atom is 0.152 e. The average molecular weight is 199 g/mol. The lowest BCUT2D eigenvalue weighted by Crippen LogP contribution is -2.37. The largest absolute Gasteiger partial charge is 0.298 e. The summed E-state index contributed by atoms with van der Waals surface area (Å²) in [6.07, 6.45) is 0. The second kappa shape index (κ2) is 5.50. The van der Waals surface area contributed by atoms with Gasteiger partial charge >= 0.3 is 0 Å². The Balaban J connectivity index is 4.12. The van der Waals surface area contributed by atoms with Crippen molar-refractivity contribution in [2.75, 3.05) is 19.6 Å². The summed E-state index contributed by atoms with van der Waals surface area (Å²) >= 11 is 0. The van der Waals surface area contributed by atoms with Gasteiger partial charge < -0.3 is 0 Å². The van der Waals surface area contributed by atoms with E-state index in [4.69, 9.17) is 0 Å². The van der Waals surface area contributed by atoms with E-state index < -0.39 is 0 Å². The quantitative estimate of drug-likeness (QED) is 0.678. The van der Waals surface area contributed by atoms with E-state index >= 15 is 0 Å². The van der Waals surface area contributed by atoms with Gasteiger partial charge in [0, 0.05) is 12.0 Å². The molecule has 0 amide bonds. The molecule has 0 saturated carbocycles. The molecule has 0 saturated heterocycles. The van der Waals surface area contributed by atoms with Crippen LogP contribution in [0.25, 0.3) is 0 Å². The van der Waals surface area contributed by atoms with Crippen LogP contribution in [0.3, 0.4) is 0 Å². The Morgan fingerprint density at radius 1 is 1.29 bits per heavy atom. The zero-order chi connectivity index (χ0) is 11.4. The fourth-order valence-corrected chi connectivity index (χ4v) is 1.26. The van der Waals surface area contributed by atoms with Crippen LogP contribution in [-0.4, -0.2) is 30.3 Å². The first-order valence-electron chi connectivity index (χ1n) is 5.53. The molecule has 0 unspecified atom stereocenters. The number of carbonyl (C=O) groups is 1. The first kappa shape index (κ1) is 13.6. The van der Waals surface area contributed by atoms with Crippen LogP contribution in [0.15, 0.2) is 0 Å². The van der Waals surface area contributed by atoms with Crippen molar-refractivity contribution in [1.29, 1.82) is 0 Å². The minimum atomic E-state index is -0.204. The molecule has 84 valence electrons. The highest BCUT2D eigenvalue weighted by atomic mass is 16.1. The summed E-state index contributed by atoms with van der Waals surface area (Å²) in [5.41, 5.74) is -0.204. The van der Waals surface area contributed by atoms with Crippen molar-refractivity contribution in [1.82, 2.24) is 4.90 Å². The van der Waals surface area contributed by atoms with E-state index in [2.05, 4.69) is 25.7 Å². The second-order valence-electron chi connectivity index (χ2n) is 5.39. The fourth-order valence-electron chi connectivity index (χ4n) is 1.26. The molecule has 0 aliphatic carbocycles. The van der Waals surface area contributed by atoms with Gasteiger partial charge in [0.1, 0.15) is 0 Å². The average Bonchev–Trinajstić information content (AvgIpc) is 2.00. The van der Waals surface area contributed by atoms with Gasteiger partial charge in [0.2, 0.25) is 0 Å². The number of likely N-dealkylation sites (N-methyl/N-ethyl adjacent to an activating group) is 1. The molecule has 0 aromatic heterocycles. The lowest BCUT2D eigenvalue weighted by molar-refractivity contribution is -0.127. The topological polar surface area (TPSA) is 20.3 Å². The Labute approximate surface area is 88.7 Å². The number of ketones is 1. The van der Waals surface area contributed by atoms with Gasteiger partial charge in [0.15, 0.2) is 5.78 Å². The lowest BCUT2D eigenvalue weighted by atomic mass is 9.90. The van der Waals surface area contributed by atoms with Crippen LogP contribution in [0.1, 0.15) is 41.5 Å². The van der Waals surface area contributed by atoms with E-state index in [1.54, 1.807) is 0 Å². The molecule has 0 radical (unpaired) electrons. The van der Waals surface area contributed by atoms with E-state index in [0.29, 0.717) is 18.2 Å². The van der Waals surface area contributed by atoms with Crippen LogP contribution in [0.2, 0.25) is 0 Å². The van der Waals surface area contributed by atoms with Crippen LogP contribution in [0.4, 0.5) is 0 Å². The fraction of sp³-hybridized carbons (Fsp3) is 0.917. The summed E-state index contributed by atoms with van der Waals surface area (Å²) in [5.74, 6) is 0.961. The second-order valence-corrected chi connectivity index (χ2v) is 5.39. The molecule has 0 atom stereocenters. The molecule has 0 rings (SSSR count). The standard InChI is InChI=1S/C12H25NO/c1-7-13(8-10(2)3)9-11(14)12(4,5)6/h10H,7-9H2,1-6H3. The molecule has 2 heteroatoms. The number of hydrogen-bond acceptors (Lipinski definition) is 2. The van der Waals surface area contributed by atoms with Crippen LogP contribution in [-0.2, 0) is 4.79 Å². The summed E-state index contributed by atoms with van der Waals surface area (Å²) < 4.78 is 0. The van der Waals surface area contributed by atoms with Crippen LogP contribution in [0.5, 0.6) is 0 Å². The van der Waals surface area contributed by atoms with Crippen molar-refractivity contribution in [3.63, 3.8) is 0 Å². The molecule has 0 fully saturated rings. The predicted octanol–water partition coefficient (Wildman–Crippen LogP) is 2.58. The summed E-state index contributed by atoms with van der Waals surface area (Å²) in [7, 11) is 0. The third kappa shape index (κ3) is 5.38. The number of hydrogen-bond donors (Lipinski definition) is 0. The summed E-state index contributed by atoms with van der Waals surface area (Å²) in [5, 5.41) is 0. The lowest BCUT2D eigenvalue weighted by Gasteiger charge is -2.25. The summed E-state index contributed by atoms with van der Waals surface area (Å²) in [6.45, 7) is 15.0. The minimum Gasteiger partial charge on any atom is -0.298 e. The van der Waals surface area contributed by atoms with Gasteiger partial charge in [0.25, 0.3) is 0 Å². The predicted molar refractivity (Wildman–Crippen MR) is 61.4 cm³/mol. The highest BCUT2D eigenvalue weighted by Gasteiger charge is 2.22. The maximum atomic E-state index is 11.8. The molecule has 14 heavy (non-hydrogen) atoms. The SMILES string of the molecule is CCN(CC(=O)C(C)(C)C)CC(C)C. The Kier molecular flexibility index (Phi) is 5.35. The van der Waals surface area contributed by atoms with Gasteiger partial charge in [-0.15, -0.1) is 0 Å².